The lowest BCUT2D eigenvalue weighted by atomic mass is 9.90. The largest absolute Gasteiger partial charge is 0.534 e. The van der Waals surface area contributed by atoms with Crippen molar-refractivity contribution in [3.8, 4) is 17.2 Å². The van der Waals surface area contributed by atoms with E-state index in [-0.39, 0.29) is 47.7 Å². The van der Waals surface area contributed by atoms with Crippen molar-refractivity contribution in [2.75, 3.05) is 26.3 Å². The Morgan fingerprint density at radius 2 is 1.21 bits per heavy atom. The molecule has 0 saturated heterocycles. The standard InChI is InChI=1S/C19H25F4NO4S.C19H26FNO3/c1-2-10-24(13-6-4-3-5-7-13)14-11-15-17(28-29(25,26)19(21,22)23)9-8-16(20)18(15)27-12-14;1-2-10-21(13-6-4-3-5-7-13)14-11-16-15(19(22)23)8-9-17(20)18(16)24-12-14/h8-9,13-14H,2-7,10-12H2,1H3;8-9,13-14H,2-7,10-12H2,1H3,(H,22,23)/t2*14-/m11/s1. The minimum atomic E-state index is -5.86. The molecule has 9 nitrogen and oxygen atoms in total. The second-order valence-corrected chi connectivity index (χ2v) is 16.0. The van der Waals surface area contributed by atoms with Crippen LogP contribution in [0.25, 0.3) is 0 Å². The quantitative estimate of drug-likeness (QED) is 0.137. The molecule has 2 aromatic rings. The van der Waals surface area contributed by atoms with Gasteiger partial charge in [-0.25, -0.2) is 13.6 Å². The number of aromatic carboxylic acids is 1. The molecule has 2 aliphatic carbocycles. The zero-order valence-electron chi connectivity index (χ0n) is 30.4. The number of benzene rings is 2. The van der Waals surface area contributed by atoms with Crippen molar-refractivity contribution >= 4 is 16.1 Å². The first-order chi connectivity index (χ1) is 25.3. The summed E-state index contributed by atoms with van der Waals surface area (Å²) >= 11 is 0. The maximum Gasteiger partial charge on any atom is 0.534 e. The van der Waals surface area contributed by atoms with Crippen LogP contribution in [0.1, 0.15) is 112 Å². The highest BCUT2D eigenvalue weighted by atomic mass is 32.2. The molecule has 296 valence electrons. The van der Waals surface area contributed by atoms with E-state index in [0.29, 0.717) is 30.7 Å². The maximum atomic E-state index is 14.2. The Hall–Kier alpha value is -3.17. The third-order valence-corrected chi connectivity index (χ3v) is 11.8. The molecule has 2 aliphatic heterocycles. The predicted octanol–water partition coefficient (Wildman–Crippen LogP) is 8.27. The van der Waals surface area contributed by atoms with Gasteiger partial charge in [0.1, 0.15) is 19.0 Å². The Kier molecular flexibility index (Phi) is 13.9. The van der Waals surface area contributed by atoms with Gasteiger partial charge in [0, 0.05) is 35.3 Å². The molecule has 0 amide bonds. The number of ether oxygens (including phenoxy) is 2. The van der Waals surface area contributed by atoms with Gasteiger partial charge in [-0.1, -0.05) is 52.4 Å². The molecule has 2 aromatic carbocycles. The first-order valence-corrected chi connectivity index (χ1v) is 20.3. The number of carboxylic acid groups (broad SMARTS) is 1. The number of hydrogen-bond donors (Lipinski definition) is 1. The number of rotatable bonds is 11. The van der Waals surface area contributed by atoms with Gasteiger partial charge in [0.05, 0.1) is 5.56 Å². The maximum absolute atomic E-state index is 14.2. The SMILES string of the molecule is CCCN(C1CCCCC1)[C@H]1COc2c(F)ccc(C(=O)O)c2C1.CCCN(C1CCCCC1)[C@H]1COc2c(F)ccc(OS(=O)(=O)C(F)(F)F)c2C1. The van der Waals surface area contributed by atoms with Gasteiger partial charge in [-0.3, -0.25) is 9.80 Å². The molecular formula is C38H51F5N2O7S. The van der Waals surface area contributed by atoms with E-state index in [4.69, 9.17) is 9.47 Å². The van der Waals surface area contributed by atoms with Crippen LogP contribution in [0.4, 0.5) is 22.0 Å². The van der Waals surface area contributed by atoms with Crippen LogP contribution in [0.3, 0.4) is 0 Å². The van der Waals surface area contributed by atoms with Crippen LogP contribution >= 0.6 is 0 Å². The molecule has 0 spiro atoms. The lowest BCUT2D eigenvalue weighted by Crippen LogP contribution is -2.50. The Bertz CT molecular complexity index is 1660. The van der Waals surface area contributed by atoms with Crippen LogP contribution in [0.2, 0.25) is 0 Å². The molecule has 0 radical (unpaired) electrons. The van der Waals surface area contributed by atoms with Gasteiger partial charge in [-0.05, 0) is 88.7 Å². The van der Waals surface area contributed by atoms with Crippen molar-refractivity contribution in [1.82, 2.24) is 9.80 Å². The summed E-state index contributed by atoms with van der Waals surface area (Å²) in [5.74, 6) is -2.88. The molecule has 2 atom stereocenters. The highest BCUT2D eigenvalue weighted by Gasteiger charge is 2.49. The molecule has 2 fully saturated rings. The molecule has 0 bridgehead atoms. The first kappa shape index (κ1) is 41.0. The molecular weight excluding hydrogens is 723 g/mol. The second-order valence-electron chi connectivity index (χ2n) is 14.4. The minimum Gasteiger partial charge on any atom is -0.489 e. The number of nitrogens with zero attached hydrogens (tertiary/aromatic N) is 2. The Labute approximate surface area is 308 Å². The summed E-state index contributed by atoms with van der Waals surface area (Å²) in [6.45, 7) is 6.58. The van der Waals surface area contributed by atoms with Gasteiger partial charge in [-0.15, -0.1) is 0 Å². The van der Waals surface area contributed by atoms with E-state index in [1.807, 2.05) is 6.92 Å². The van der Waals surface area contributed by atoms with Gasteiger partial charge in [0.15, 0.2) is 23.1 Å². The van der Waals surface area contributed by atoms with E-state index in [2.05, 4.69) is 20.9 Å². The molecule has 4 aliphatic rings. The summed E-state index contributed by atoms with van der Waals surface area (Å²) in [5.41, 5.74) is -4.88. The molecule has 15 heteroatoms. The van der Waals surface area contributed by atoms with Crippen LogP contribution in [0.5, 0.6) is 17.2 Å². The lowest BCUT2D eigenvalue weighted by molar-refractivity contribution is -0.0500. The first-order valence-electron chi connectivity index (χ1n) is 18.9. The van der Waals surface area contributed by atoms with E-state index in [9.17, 15) is 40.3 Å². The van der Waals surface area contributed by atoms with Crippen LogP contribution in [0, 0.1) is 11.6 Å². The Morgan fingerprint density at radius 3 is 1.66 bits per heavy atom. The highest BCUT2D eigenvalue weighted by Crippen LogP contribution is 2.40. The van der Waals surface area contributed by atoms with E-state index >= 15 is 0 Å². The van der Waals surface area contributed by atoms with Gasteiger partial charge >= 0.3 is 21.6 Å². The van der Waals surface area contributed by atoms with Crippen molar-refractivity contribution in [2.45, 2.75) is 133 Å². The topological polar surface area (TPSA) is 106 Å². The van der Waals surface area contributed by atoms with Crippen molar-refractivity contribution in [2.24, 2.45) is 0 Å². The number of carboxylic acids is 1. The van der Waals surface area contributed by atoms with E-state index in [1.54, 1.807) is 0 Å². The van der Waals surface area contributed by atoms with E-state index in [0.717, 1.165) is 63.7 Å². The van der Waals surface area contributed by atoms with E-state index in [1.165, 1.54) is 50.7 Å². The molecule has 6 rings (SSSR count). The third-order valence-electron chi connectivity index (χ3n) is 10.8. The predicted molar refractivity (Wildman–Crippen MR) is 189 cm³/mol. The van der Waals surface area contributed by atoms with Crippen LogP contribution in [-0.2, 0) is 23.0 Å². The van der Waals surface area contributed by atoms with Crippen LogP contribution in [-0.4, -0.2) is 85.3 Å². The minimum absolute atomic E-state index is 0.0194. The lowest BCUT2D eigenvalue weighted by Gasteiger charge is -2.41. The Balaban J connectivity index is 0.000000208. The number of hydrogen-bond acceptors (Lipinski definition) is 8. The molecule has 0 unspecified atom stereocenters. The van der Waals surface area contributed by atoms with Gasteiger partial charge in [0.25, 0.3) is 0 Å². The molecule has 1 N–H and O–H groups in total. The average Bonchev–Trinajstić information content (AvgIpc) is 3.14. The van der Waals surface area contributed by atoms with Crippen molar-refractivity contribution in [1.29, 1.82) is 0 Å². The zero-order valence-corrected chi connectivity index (χ0v) is 31.3. The smallest absolute Gasteiger partial charge is 0.489 e. The fourth-order valence-electron chi connectivity index (χ4n) is 8.37. The summed E-state index contributed by atoms with van der Waals surface area (Å²) in [6.07, 6.45) is 14.3. The molecule has 0 aromatic heterocycles. The van der Waals surface area contributed by atoms with Gasteiger partial charge < -0.3 is 18.8 Å². The van der Waals surface area contributed by atoms with Crippen LogP contribution in [0.15, 0.2) is 24.3 Å². The van der Waals surface area contributed by atoms with Gasteiger partial charge in [0.2, 0.25) is 0 Å². The van der Waals surface area contributed by atoms with Crippen molar-refractivity contribution in [3.05, 3.63) is 52.6 Å². The number of fused-ring (bicyclic) bond motifs is 2. The average molecular weight is 775 g/mol. The van der Waals surface area contributed by atoms with Crippen molar-refractivity contribution < 1.29 is 53.9 Å². The van der Waals surface area contributed by atoms with E-state index < -0.39 is 39.0 Å². The number of carbonyl (C=O) groups is 1. The van der Waals surface area contributed by atoms with Crippen molar-refractivity contribution in [3.63, 3.8) is 0 Å². The summed E-state index contributed by atoms with van der Waals surface area (Å²) in [5, 5.41) is 9.42. The third kappa shape index (κ3) is 9.74. The van der Waals surface area contributed by atoms with Crippen LogP contribution < -0.4 is 13.7 Å². The molecule has 53 heavy (non-hydrogen) atoms. The zero-order chi connectivity index (χ0) is 38.3. The normalized spacial score (nSPS) is 21.2. The summed E-state index contributed by atoms with van der Waals surface area (Å²) in [7, 11) is -5.86. The molecule has 2 saturated carbocycles. The fraction of sp³-hybridized carbons (Fsp3) is 0.658. The monoisotopic (exact) mass is 774 g/mol. The number of alkyl halides is 3. The fourth-order valence-corrected chi connectivity index (χ4v) is 8.86. The van der Waals surface area contributed by atoms with Gasteiger partial charge in [-0.2, -0.15) is 21.6 Å². The number of halogens is 5. The summed E-state index contributed by atoms with van der Waals surface area (Å²) in [4.78, 5) is 16.3. The molecule has 2 heterocycles. The highest BCUT2D eigenvalue weighted by molar-refractivity contribution is 7.88. The Morgan fingerprint density at radius 1 is 0.755 bits per heavy atom. The summed E-state index contributed by atoms with van der Waals surface area (Å²) in [6, 6.07) is 5.11. The second kappa shape index (κ2) is 18.0. The summed E-state index contributed by atoms with van der Waals surface area (Å²) < 4.78 is 105.